The van der Waals surface area contributed by atoms with Gasteiger partial charge in [-0.3, -0.25) is 9.89 Å². The van der Waals surface area contributed by atoms with E-state index in [0.29, 0.717) is 17.3 Å². The number of H-pyrrole nitrogens is 1. The number of amides is 1. The molecule has 0 bridgehead atoms. The number of hydrogen-bond donors (Lipinski definition) is 1. The second-order valence-electron chi connectivity index (χ2n) is 7.48. The van der Waals surface area contributed by atoms with Crippen LogP contribution in [0.2, 0.25) is 5.02 Å². The lowest BCUT2D eigenvalue weighted by atomic mass is 9.96. The van der Waals surface area contributed by atoms with E-state index in [0.717, 1.165) is 39.8 Å². The summed E-state index contributed by atoms with van der Waals surface area (Å²) in [4.78, 5) is 19.4. The minimum atomic E-state index is -0.216. The zero-order valence-corrected chi connectivity index (χ0v) is 18.8. The van der Waals surface area contributed by atoms with Gasteiger partial charge < -0.3 is 9.47 Å². The molecule has 4 aromatic rings. The Hall–Kier alpha value is -2.90. The van der Waals surface area contributed by atoms with Crippen molar-refractivity contribution in [2.45, 2.75) is 19.0 Å². The molecule has 0 aliphatic carbocycles. The average molecular weight is 497 g/mol. The minimum Gasteiger partial charge on any atom is -0.337 e. The van der Waals surface area contributed by atoms with Crippen LogP contribution < -0.4 is 0 Å². The average Bonchev–Trinajstić information content (AvgIpc) is 3.48. The maximum absolute atomic E-state index is 13.4. The Balaban J connectivity index is 1.53. The molecule has 0 fully saturated rings. The van der Waals surface area contributed by atoms with Gasteiger partial charge in [-0.1, -0.05) is 51.8 Å². The fraction of sp³-hybridized carbons (Fsp3) is 0.174. The molecule has 6 nitrogen and oxygen atoms in total. The Labute approximate surface area is 193 Å². The van der Waals surface area contributed by atoms with Gasteiger partial charge in [0.2, 0.25) is 0 Å². The van der Waals surface area contributed by atoms with Crippen molar-refractivity contribution in [2.24, 2.45) is 0 Å². The Morgan fingerprint density at radius 1 is 1.13 bits per heavy atom. The zero-order valence-electron chi connectivity index (χ0n) is 16.5. The molecule has 1 N–H and O–H groups in total. The van der Waals surface area contributed by atoms with E-state index in [1.807, 2.05) is 52.1 Å². The number of aryl methyl sites for hydroxylation is 1. The lowest BCUT2D eigenvalue weighted by molar-refractivity contribution is 0.0739. The number of nitrogens with one attached hydrogen (secondary N) is 1. The van der Waals surface area contributed by atoms with Crippen LogP contribution in [0.25, 0.3) is 11.3 Å². The quantitative estimate of drug-likeness (QED) is 0.393. The van der Waals surface area contributed by atoms with Crippen LogP contribution in [0.15, 0.2) is 71.7 Å². The van der Waals surface area contributed by atoms with E-state index in [2.05, 4.69) is 43.2 Å². The fourth-order valence-electron chi connectivity index (χ4n) is 4.12. The maximum atomic E-state index is 13.4. The van der Waals surface area contributed by atoms with Gasteiger partial charge in [-0.15, -0.1) is 0 Å². The third-order valence-corrected chi connectivity index (χ3v) is 6.27. The first-order chi connectivity index (χ1) is 15.1. The van der Waals surface area contributed by atoms with Crippen LogP contribution in [-0.2, 0) is 6.54 Å². The Kier molecular flexibility index (Phi) is 5.38. The first-order valence-electron chi connectivity index (χ1n) is 9.98. The SMILES string of the molecule is O=C1c2[nH]nc(-c3ccc(Cl)cc3)c2C(c2cccc(Br)c2)N1CCCn1ccnc1. The molecule has 2 aromatic carbocycles. The smallest absolute Gasteiger partial charge is 0.273 e. The van der Waals surface area contributed by atoms with Crippen molar-refractivity contribution in [2.75, 3.05) is 6.54 Å². The number of halogens is 2. The van der Waals surface area contributed by atoms with Gasteiger partial charge >= 0.3 is 0 Å². The molecule has 1 unspecified atom stereocenters. The molecule has 0 radical (unpaired) electrons. The summed E-state index contributed by atoms with van der Waals surface area (Å²) in [5, 5.41) is 8.16. The second-order valence-corrected chi connectivity index (χ2v) is 8.83. The normalized spacial score (nSPS) is 15.5. The van der Waals surface area contributed by atoms with Crippen LogP contribution in [0.3, 0.4) is 0 Å². The van der Waals surface area contributed by atoms with Crippen molar-refractivity contribution in [1.29, 1.82) is 0 Å². The number of aromatic nitrogens is 4. The van der Waals surface area contributed by atoms with E-state index >= 15 is 0 Å². The number of imidazole rings is 1. The molecule has 1 aliphatic heterocycles. The second kappa shape index (κ2) is 8.32. The molecule has 0 saturated heterocycles. The summed E-state index contributed by atoms with van der Waals surface area (Å²) in [5.41, 5.74) is 4.21. The molecule has 31 heavy (non-hydrogen) atoms. The highest BCUT2D eigenvalue weighted by Gasteiger charge is 2.41. The summed E-state index contributed by atoms with van der Waals surface area (Å²) >= 11 is 9.65. The van der Waals surface area contributed by atoms with Crippen LogP contribution in [-0.4, -0.2) is 37.1 Å². The highest BCUT2D eigenvalue weighted by molar-refractivity contribution is 9.10. The third-order valence-electron chi connectivity index (χ3n) is 5.52. The van der Waals surface area contributed by atoms with E-state index in [4.69, 9.17) is 11.6 Å². The van der Waals surface area contributed by atoms with Crippen LogP contribution in [0.4, 0.5) is 0 Å². The number of aromatic amines is 1. The largest absolute Gasteiger partial charge is 0.337 e. The predicted molar refractivity (Wildman–Crippen MR) is 123 cm³/mol. The standard InChI is InChI=1S/C23H19BrClN5O/c24-17-4-1-3-16(13-17)22-19-20(15-5-7-18(25)8-6-15)27-28-21(19)23(31)30(22)11-2-10-29-12-9-26-14-29/h1,3-9,12-14,22H,2,10-11H2,(H,27,28). The van der Waals surface area contributed by atoms with Crippen molar-refractivity contribution in [3.63, 3.8) is 0 Å². The number of hydrogen-bond acceptors (Lipinski definition) is 3. The molecule has 2 aromatic heterocycles. The topological polar surface area (TPSA) is 66.8 Å². The first kappa shape index (κ1) is 20.0. The van der Waals surface area contributed by atoms with E-state index in [1.54, 1.807) is 12.5 Å². The highest BCUT2D eigenvalue weighted by Crippen LogP contribution is 2.43. The summed E-state index contributed by atoms with van der Waals surface area (Å²) < 4.78 is 3.00. The van der Waals surface area contributed by atoms with E-state index in [9.17, 15) is 4.79 Å². The maximum Gasteiger partial charge on any atom is 0.273 e. The van der Waals surface area contributed by atoms with Crippen molar-refractivity contribution in [1.82, 2.24) is 24.6 Å². The molecular weight excluding hydrogens is 478 g/mol. The summed E-state index contributed by atoms with van der Waals surface area (Å²) in [7, 11) is 0. The summed E-state index contributed by atoms with van der Waals surface area (Å²) in [6, 6.07) is 15.4. The molecule has 1 amide bonds. The van der Waals surface area contributed by atoms with Crippen molar-refractivity contribution >= 4 is 33.4 Å². The number of nitrogens with zero attached hydrogens (tertiary/aromatic N) is 4. The van der Waals surface area contributed by atoms with Gasteiger partial charge in [0.1, 0.15) is 5.69 Å². The van der Waals surface area contributed by atoms with Crippen LogP contribution >= 0.6 is 27.5 Å². The molecule has 1 atom stereocenters. The van der Waals surface area contributed by atoms with Gasteiger partial charge in [-0.05, 0) is 36.2 Å². The number of carbonyl (C=O) groups is 1. The predicted octanol–water partition coefficient (Wildman–Crippen LogP) is 5.32. The van der Waals surface area contributed by atoms with Gasteiger partial charge in [0.05, 0.1) is 18.1 Å². The van der Waals surface area contributed by atoms with Gasteiger partial charge in [0, 0.05) is 46.1 Å². The van der Waals surface area contributed by atoms with E-state index in [-0.39, 0.29) is 11.9 Å². The Morgan fingerprint density at radius 2 is 1.97 bits per heavy atom. The van der Waals surface area contributed by atoms with E-state index in [1.165, 1.54) is 0 Å². The van der Waals surface area contributed by atoms with Gasteiger partial charge in [0.15, 0.2) is 0 Å². The Bertz CT molecular complexity index is 1220. The van der Waals surface area contributed by atoms with Crippen molar-refractivity contribution in [3.8, 4) is 11.3 Å². The number of rotatable bonds is 6. The van der Waals surface area contributed by atoms with Crippen molar-refractivity contribution in [3.05, 3.63) is 93.6 Å². The molecule has 0 spiro atoms. The highest BCUT2D eigenvalue weighted by atomic mass is 79.9. The van der Waals surface area contributed by atoms with Crippen LogP contribution in [0, 0.1) is 0 Å². The molecule has 5 rings (SSSR count). The lowest BCUT2D eigenvalue weighted by Crippen LogP contribution is -2.31. The Morgan fingerprint density at radius 3 is 2.71 bits per heavy atom. The molecule has 1 aliphatic rings. The molecular formula is C23H19BrClN5O. The lowest BCUT2D eigenvalue weighted by Gasteiger charge is -2.26. The third kappa shape index (κ3) is 3.79. The van der Waals surface area contributed by atoms with Gasteiger partial charge in [-0.25, -0.2) is 4.98 Å². The first-order valence-corrected chi connectivity index (χ1v) is 11.2. The monoisotopic (exact) mass is 495 g/mol. The summed E-state index contributed by atoms with van der Waals surface area (Å²) in [6.07, 6.45) is 6.31. The number of benzene rings is 2. The molecule has 3 heterocycles. The minimum absolute atomic E-state index is 0.0293. The fourth-order valence-corrected chi connectivity index (χ4v) is 4.66. The zero-order chi connectivity index (χ0) is 21.4. The number of carbonyl (C=O) groups excluding carboxylic acids is 1. The molecule has 8 heteroatoms. The molecule has 156 valence electrons. The van der Waals surface area contributed by atoms with E-state index < -0.39 is 0 Å². The summed E-state index contributed by atoms with van der Waals surface area (Å²) in [6.45, 7) is 1.42. The van der Waals surface area contributed by atoms with Crippen LogP contribution in [0.5, 0.6) is 0 Å². The number of fused-ring (bicyclic) bond motifs is 1. The van der Waals surface area contributed by atoms with Crippen molar-refractivity contribution < 1.29 is 4.79 Å². The van der Waals surface area contributed by atoms with Gasteiger partial charge in [-0.2, -0.15) is 5.10 Å². The van der Waals surface area contributed by atoms with Crippen LogP contribution in [0.1, 0.15) is 34.1 Å². The molecule has 0 saturated carbocycles. The summed E-state index contributed by atoms with van der Waals surface area (Å²) in [5.74, 6) is -0.0293. The van der Waals surface area contributed by atoms with Gasteiger partial charge in [0.25, 0.3) is 5.91 Å².